The summed E-state index contributed by atoms with van der Waals surface area (Å²) in [6.07, 6.45) is 5.95. The number of nitrogens with zero attached hydrogens (tertiary/aromatic N) is 2. The smallest absolute Gasteiger partial charge is 0.225 e. The molecule has 150 valence electrons. The molecule has 3 heterocycles. The number of para-hydroxylation sites is 1. The summed E-state index contributed by atoms with van der Waals surface area (Å²) in [6, 6.07) is 8.28. The van der Waals surface area contributed by atoms with Crippen molar-refractivity contribution >= 4 is 22.7 Å². The number of benzene rings is 1. The number of likely N-dealkylation sites (tertiary alicyclic amines) is 1. The summed E-state index contributed by atoms with van der Waals surface area (Å²) >= 11 is 0. The van der Waals surface area contributed by atoms with E-state index >= 15 is 0 Å². The minimum atomic E-state index is 0.0633. The second-order valence-corrected chi connectivity index (χ2v) is 7.81. The van der Waals surface area contributed by atoms with Gasteiger partial charge >= 0.3 is 0 Å². The van der Waals surface area contributed by atoms with Crippen LogP contribution in [0.1, 0.15) is 31.2 Å². The summed E-state index contributed by atoms with van der Waals surface area (Å²) in [5.74, 6) is 0.528. The van der Waals surface area contributed by atoms with E-state index in [1.54, 1.807) is 0 Å². The molecular weight excluding hydrogens is 354 g/mol. The van der Waals surface area contributed by atoms with Crippen molar-refractivity contribution in [2.75, 3.05) is 39.4 Å². The van der Waals surface area contributed by atoms with Crippen LogP contribution in [0.25, 0.3) is 10.9 Å². The third-order valence-electron chi connectivity index (χ3n) is 6.03. The second kappa shape index (κ2) is 8.78. The van der Waals surface area contributed by atoms with Gasteiger partial charge in [-0.2, -0.15) is 0 Å². The topological polar surface area (TPSA) is 65.6 Å². The van der Waals surface area contributed by atoms with Crippen LogP contribution in [0, 0.1) is 5.92 Å². The highest BCUT2D eigenvalue weighted by Crippen LogP contribution is 2.22. The van der Waals surface area contributed by atoms with Crippen LogP contribution in [0.2, 0.25) is 0 Å². The minimum Gasteiger partial charge on any atom is -0.378 e. The van der Waals surface area contributed by atoms with Crippen molar-refractivity contribution in [3.8, 4) is 0 Å². The molecule has 0 spiro atoms. The van der Waals surface area contributed by atoms with Crippen molar-refractivity contribution in [2.45, 2.75) is 32.1 Å². The Labute approximate surface area is 165 Å². The number of hydrogen-bond acceptors (Lipinski definition) is 3. The SMILES string of the molecule is O=C(CCCc1c[nH]c2ccccc12)N1CCC(C(=O)N2CCOCC2)CC1. The second-order valence-electron chi connectivity index (χ2n) is 7.81. The average molecular weight is 383 g/mol. The number of H-pyrrole nitrogens is 1. The third kappa shape index (κ3) is 4.22. The first kappa shape index (κ1) is 19.0. The number of hydrogen-bond donors (Lipinski definition) is 1. The van der Waals surface area contributed by atoms with Crippen molar-refractivity contribution in [2.24, 2.45) is 5.92 Å². The van der Waals surface area contributed by atoms with Crippen molar-refractivity contribution in [3.63, 3.8) is 0 Å². The summed E-state index contributed by atoms with van der Waals surface area (Å²) < 4.78 is 5.32. The van der Waals surface area contributed by atoms with Crippen LogP contribution in [0.4, 0.5) is 0 Å². The predicted molar refractivity (Wildman–Crippen MR) is 108 cm³/mol. The van der Waals surface area contributed by atoms with Crippen molar-refractivity contribution < 1.29 is 14.3 Å². The number of morpholine rings is 1. The van der Waals surface area contributed by atoms with Gasteiger partial charge in [0.25, 0.3) is 0 Å². The number of rotatable bonds is 5. The molecule has 0 aliphatic carbocycles. The fraction of sp³-hybridized carbons (Fsp3) is 0.545. The largest absolute Gasteiger partial charge is 0.378 e. The maximum absolute atomic E-state index is 12.6. The highest BCUT2D eigenvalue weighted by molar-refractivity contribution is 5.83. The van der Waals surface area contributed by atoms with E-state index in [4.69, 9.17) is 4.74 Å². The number of aryl methyl sites for hydroxylation is 1. The van der Waals surface area contributed by atoms with Crippen molar-refractivity contribution in [1.82, 2.24) is 14.8 Å². The summed E-state index contributed by atoms with van der Waals surface area (Å²) in [6.45, 7) is 4.08. The van der Waals surface area contributed by atoms with E-state index in [1.165, 1.54) is 10.9 Å². The first-order chi connectivity index (χ1) is 13.7. The van der Waals surface area contributed by atoms with E-state index in [2.05, 4.69) is 23.3 Å². The third-order valence-corrected chi connectivity index (χ3v) is 6.03. The highest BCUT2D eigenvalue weighted by atomic mass is 16.5. The number of nitrogens with one attached hydrogen (secondary N) is 1. The van der Waals surface area contributed by atoms with Gasteiger partial charge in [-0.25, -0.2) is 0 Å². The summed E-state index contributed by atoms with van der Waals surface area (Å²) in [7, 11) is 0. The minimum absolute atomic E-state index is 0.0633. The van der Waals surface area contributed by atoms with Gasteiger partial charge < -0.3 is 19.5 Å². The zero-order chi connectivity index (χ0) is 19.3. The standard InChI is InChI=1S/C22H29N3O3/c26-21(7-3-4-18-16-23-20-6-2-1-5-19(18)20)24-10-8-17(9-11-24)22(27)25-12-14-28-15-13-25/h1-2,5-6,16-17,23H,3-4,7-15H2. The van der Waals surface area contributed by atoms with E-state index in [0.29, 0.717) is 45.8 Å². The predicted octanol–water partition coefficient (Wildman–Crippen LogP) is 2.59. The van der Waals surface area contributed by atoms with Crippen LogP contribution in [-0.2, 0) is 20.7 Å². The van der Waals surface area contributed by atoms with Crippen molar-refractivity contribution in [1.29, 1.82) is 0 Å². The highest BCUT2D eigenvalue weighted by Gasteiger charge is 2.30. The number of ether oxygens (including phenoxy) is 1. The van der Waals surface area contributed by atoms with Crippen molar-refractivity contribution in [3.05, 3.63) is 36.0 Å². The van der Waals surface area contributed by atoms with Crippen LogP contribution < -0.4 is 0 Å². The zero-order valence-electron chi connectivity index (χ0n) is 16.4. The fourth-order valence-corrected chi connectivity index (χ4v) is 4.34. The molecule has 0 unspecified atom stereocenters. The molecule has 2 amide bonds. The summed E-state index contributed by atoms with van der Waals surface area (Å²) in [4.78, 5) is 32.3. The van der Waals surface area contributed by atoms with E-state index in [0.717, 1.165) is 31.2 Å². The molecule has 1 aromatic carbocycles. The Morgan fingerprint density at radius 2 is 1.79 bits per heavy atom. The van der Waals surface area contributed by atoms with Gasteiger partial charge in [0.1, 0.15) is 0 Å². The average Bonchev–Trinajstić information content (AvgIpc) is 3.17. The molecular formula is C22H29N3O3. The van der Waals surface area contributed by atoms with Crippen LogP contribution in [0.3, 0.4) is 0 Å². The summed E-state index contributed by atoms with van der Waals surface area (Å²) in [5, 5.41) is 1.25. The Morgan fingerprint density at radius 3 is 2.57 bits per heavy atom. The van der Waals surface area contributed by atoms with Crippen LogP contribution >= 0.6 is 0 Å². The maximum Gasteiger partial charge on any atom is 0.225 e. The quantitative estimate of drug-likeness (QED) is 0.863. The number of fused-ring (bicyclic) bond motifs is 1. The van der Waals surface area contributed by atoms with Gasteiger partial charge in [0.15, 0.2) is 0 Å². The first-order valence-corrected chi connectivity index (χ1v) is 10.4. The molecule has 2 aliphatic rings. The summed E-state index contributed by atoms with van der Waals surface area (Å²) in [5.41, 5.74) is 2.43. The number of amides is 2. The molecule has 28 heavy (non-hydrogen) atoms. The first-order valence-electron chi connectivity index (χ1n) is 10.4. The monoisotopic (exact) mass is 383 g/mol. The van der Waals surface area contributed by atoms with E-state index in [1.807, 2.05) is 21.9 Å². The molecule has 6 nitrogen and oxygen atoms in total. The Morgan fingerprint density at radius 1 is 1.04 bits per heavy atom. The molecule has 0 radical (unpaired) electrons. The fourth-order valence-electron chi connectivity index (χ4n) is 4.34. The molecule has 6 heteroatoms. The Kier molecular flexibility index (Phi) is 5.95. The molecule has 1 aromatic heterocycles. The van der Waals surface area contributed by atoms with E-state index in [-0.39, 0.29) is 17.7 Å². The van der Waals surface area contributed by atoms with Gasteiger partial charge in [-0.05, 0) is 37.3 Å². The lowest BCUT2D eigenvalue weighted by molar-refractivity contribution is -0.143. The molecule has 1 N–H and O–H groups in total. The van der Waals surface area contributed by atoms with E-state index in [9.17, 15) is 9.59 Å². The molecule has 0 bridgehead atoms. The van der Waals surface area contributed by atoms with Gasteiger partial charge in [0.2, 0.25) is 11.8 Å². The Balaban J connectivity index is 1.21. The lowest BCUT2D eigenvalue weighted by Gasteiger charge is -2.35. The molecule has 2 saturated heterocycles. The van der Waals surface area contributed by atoms with Gasteiger partial charge in [0, 0.05) is 55.6 Å². The van der Waals surface area contributed by atoms with E-state index < -0.39 is 0 Å². The van der Waals surface area contributed by atoms with Crippen LogP contribution in [0.15, 0.2) is 30.5 Å². The lowest BCUT2D eigenvalue weighted by Crippen LogP contribution is -2.47. The normalized spacial score (nSPS) is 18.6. The Bertz CT molecular complexity index is 817. The zero-order valence-corrected chi connectivity index (χ0v) is 16.4. The molecule has 2 fully saturated rings. The molecule has 2 aliphatic heterocycles. The van der Waals surface area contributed by atoms with Gasteiger partial charge in [-0.1, -0.05) is 18.2 Å². The molecule has 0 saturated carbocycles. The molecule has 0 atom stereocenters. The molecule has 2 aromatic rings. The number of piperidine rings is 1. The number of aromatic amines is 1. The van der Waals surface area contributed by atoms with Crippen LogP contribution in [0.5, 0.6) is 0 Å². The van der Waals surface area contributed by atoms with Crippen LogP contribution in [-0.4, -0.2) is 66.0 Å². The lowest BCUT2D eigenvalue weighted by atomic mass is 9.94. The number of carbonyl (C=O) groups is 2. The van der Waals surface area contributed by atoms with Gasteiger partial charge in [0.05, 0.1) is 13.2 Å². The van der Waals surface area contributed by atoms with Gasteiger partial charge in [-0.15, -0.1) is 0 Å². The number of carbonyl (C=O) groups excluding carboxylic acids is 2. The Hall–Kier alpha value is -2.34. The molecule has 4 rings (SSSR count). The maximum atomic E-state index is 12.6. The number of aromatic nitrogens is 1. The van der Waals surface area contributed by atoms with Gasteiger partial charge in [-0.3, -0.25) is 9.59 Å².